The van der Waals surface area contributed by atoms with Crippen LogP contribution in [0.3, 0.4) is 0 Å². The molecule has 2 atom stereocenters. The third kappa shape index (κ3) is 3.70. The van der Waals surface area contributed by atoms with Gasteiger partial charge in [-0.2, -0.15) is 0 Å². The fraction of sp³-hybridized carbons (Fsp3) is 0.571. The third-order valence-corrected chi connectivity index (χ3v) is 4.85. The number of nitrogens with one attached hydrogen (secondary N) is 1. The number of primary sulfonamides is 1. The summed E-state index contributed by atoms with van der Waals surface area (Å²) in [6, 6.07) is 5.79. The van der Waals surface area contributed by atoms with Crippen LogP contribution in [-0.4, -0.2) is 14.5 Å². The molecule has 1 aliphatic rings. The molecular formula is C14H22N2O2S. The summed E-state index contributed by atoms with van der Waals surface area (Å²) in [5, 5.41) is 8.66. The van der Waals surface area contributed by atoms with E-state index < -0.39 is 10.0 Å². The SMILES string of the molecule is Cc1ccc(NC2CCCC(C)C2)cc1S(N)(=O)=O. The minimum Gasteiger partial charge on any atom is -0.382 e. The highest BCUT2D eigenvalue weighted by atomic mass is 32.2. The van der Waals surface area contributed by atoms with E-state index in [9.17, 15) is 8.42 Å². The van der Waals surface area contributed by atoms with Crippen molar-refractivity contribution in [3.05, 3.63) is 23.8 Å². The van der Waals surface area contributed by atoms with Gasteiger partial charge in [0, 0.05) is 11.7 Å². The minimum atomic E-state index is -3.65. The number of nitrogens with two attached hydrogens (primary N) is 1. The van der Waals surface area contributed by atoms with Crippen LogP contribution < -0.4 is 10.5 Å². The lowest BCUT2D eigenvalue weighted by Crippen LogP contribution is -2.26. The quantitative estimate of drug-likeness (QED) is 0.895. The van der Waals surface area contributed by atoms with Crippen molar-refractivity contribution < 1.29 is 8.42 Å². The maximum absolute atomic E-state index is 11.5. The molecule has 0 heterocycles. The molecule has 0 aromatic heterocycles. The van der Waals surface area contributed by atoms with E-state index in [2.05, 4.69) is 12.2 Å². The first-order valence-corrected chi connectivity index (χ1v) is 8.31. The molecule has 0 aliphatic heterocycles. The van der Waals surface area contributed by atoms with E-state index in [1.807, 2.05) is 6.07 Å². The van der Waals surface area contributed by atoms with E-state index in [4.69, 9.17) is 5.14 Å². The van der Waals surface area contributed by atoms with Gasteiger partial charge in [-0.3, -0.25) is 0 Å². The van der Waals surface area contributed by atoms with Crippen LogP contribution in [0.2, 0.25) is 0 Å². The Morgan fingerprint density at radius 2 is 2.05 bits per heavy atom. The molecule has 2 unspecified atom stereocenters. The molecule has 0 bridgehead atoms. The number of anilines is 1. The lowest BCUT2D eigenvalue weighted by Gasteiger charge is -2.28. The first-order valence-electron chi connectivity index (χ1n) is 6.76. The second kappa shape index (κ2) is 5.51. The Bertz CT molecular complexity index is 555. The van der Waals surface area contributed by atoms with Crippen LogP contribution in [-0.2, 0) is 10.0 Å². The van der Waals surface area contributed by atoms with Gasteiger partial charge in [0.15, 0.2) is 0 Å². The molecule has 106 valence electrons. The summed E-state index contributed by atoms with van der Waals surface area (Å²) in [6.07, 6.45) is 4.79. The molecule has 1 fully saturated rings. The highest BCUT2D eigenvalue weighted by Gasteiger charge is 2.19. The Kier molecular flexibility index (Phi) is 4.16. The van der Waals surface area contributed by atoms with Gasteiger partial charge in [0.2, 0.25) is 10.0 Å². The summed E-state index contributed by atoms with van der Waals surface area (Å²) in [5.41, 5.74) is 1.53. The molecule has 1 aromatic rings. The Morgan fingerprint density at radius 3 is 2.68 bits per heavy atom. The molecule has 4 nitrogen and oxygen atoms in total. The van der Waals surface area contributed by atoms with Gasteiger partial charge in [-0.25, -0.2) is 13.6 Å². The Labute approximate surface area is 115 Å². The number of sulfonamides is 1. The molecule has 0 amide bonds. The third-order valence-electron chi connectivity index (χ3n) is 3.80. The van der Waals surface area contributed by atoms with Crippen LogP contribution in [0.1, 0.15) is 38.2 Å². The van der Waals surface area contributed by atoms with Gasteiger partial charge in [0.1, 0.15) is 0 Å². The standard InChI is InChI=1S/C14H22N2O2S/c1-10-4-3-5-12(8-10)16-13-7-6-11(2)14(9-13)19(15,17)18/h6-7,9-10,12,16H,3-5,8H2,1-2H3,(H2,15,17,18). The summed E-state index contributed by atoms with van der Waals surface area (Å²) in [5.74, 6) is 0.731. The summed E-state index contributed by atoms with van der Waals surface area (Å²) < 4.78 is 23.0. The molecule has 0 radical (unpaired) electrons. The highest BCUT2D eigenvalue weighted by molar-refractivity contribution is 7.89. The van der Waals surface area contributed by atoms with Crippen LogP contribution >= 0.6 is 0 Å². The molecule has 3 N–H and O–H groups in total. The minimum absolute atomic E-state index is 0.210. The van der Waals surface area contributed by atoms with Crippen molar-refractivity contribution in [1.29, 1.82) is 0 Å². The maximum atomic E-state index is 11.5. The predicted molar refractivity (Wildman–Crippen MR) is 77.6 cm³/mol. The number of rotatable bonds is 3. The van der Waals surface area contributed by atoms with Crippen molar-refractivity contribution in [1.82, 2.24) is 0 Å². The molecule has 1 aromatic carbocycles. The van der Waals surface area contributed by atoms with Crippen molar-refractivity contribution in [3.8, 4) is 0 Å². The zero-order valence-electron chi connectivity index (χ0n) is 11.5. The summed E-state index contributed by atoms with van der Waals surface area (Å²) >= 11 is 0. The lowest BCUT2D eigenvalue weighted by molar-refractivity contribution is 0.358. The summed E-state index contributed by atoms with van der Waals surface area (Å²) in [4.78, 5) is 0.210. The van der Waals surface area contributed by atoms with Crippen molar-refractivity contribution >= 4 is 15.7 Å². The van der Waals surface area contributed by atoms with E-state index in [0.29, 0.717) is 11.6 Å². The maximum Gasteiger partial charge on any atom is 0.238 e. The summed E-state index contributed by atoms with van der Waals surface area (Å²) in [7, 11) is -3.65. The smallest absolute Gasteiger partial charge is 0.238 e. The summed E-state index contributed by atoms with van der Waals surface area (Å²) in [6.45, 7) is 4.02. The Balaban J connectivity index is 2.17. The van der Waals surface area contributed by atoms with E-state index in [1.54, 1.807) is 19.1 Å². The number of hydrogen-bond donors (Lipinski definition) is 2. The predicted octanol–water partition coefficient (Wildman–Crippen LogP) is 2.63. The topological polar surface area (TPSA) is 72.2 Å². The van der Waals surface area contributed by atoms with E-state index in [0.717, 1.165) is 24.4 Å². The molecule has 5 heteroatoms. The largest absolute Gasteiger partial charge is 0.382 e. The molecule has 0 spiro atoms. The van der Waals surface area contributed by atoms with Crippen LogP contribution in [0, 0.1) is 12.8 Å². The van der Waals surface area contributed by atoms with Gasteiger partial charge in [-0.1, -0.05) is 25.8 Å². The van der Waals surface area contributed by atoms with Gasteiger partial charge in [-0.15, -0.1) is 0 Å². The average molecular weight is 282 g/mol. The lowest BCUT2D eigenvalue weighted by atomic mass is 9.87. The second-order valence-electron chi connectivity index (χ2n) is 5.64. The van der Waals surface area contributed by atoms with Crippen LogP contribution in [0.5, 0.6) is 0 Å². The first-order chi connectivity index (χ1) is 8.86. The van der Waals surface area contributed by atoms with Crippen LogP contribution in [0.15, 0.2) is 23.1 Å². The first kappa shape index (κ1) is 14.3. The average Bonchev–Trinajstić information content (AvgIpc) is 2.30. The Hall–Kier alpha value is -1.07. The van der Waals surface area contributed by atoms with Crippen molar-refractivity contribution in [2.45, 2.75) is 50.5 Å². The number of benzene rings is 1. The Morgan fingerprint density at radius 1 is 1.32 bits per heavy atom. The van der Waals surface area contributed by atoms with E-state index in [1.165, 1.54) is 12.8 Å². The monoisotopic (exact) mass is 282 g/mol. The molecule has 1 aliphatic carbocycles. The highest BCUT2D eigenvalue weighted by Crippen LogP contribution is 2.27. The fourth-order valence-corrected chi connectivity index (χ4v) is 3.61. The zero-order valence-corrected chi connectivity index (χ0v) is 12.3. The van der Waals surface area contributed by atoms with Crippen LogP contribution in [0.4, 0.5) is 5.69 Å². The van der Waals surface area contributed by atoms with E-state index >= 15 is 0 Å². The van der Waals surface area contributed by atoms with Gasteiger partial charge in [0.05, 0.1) is 4.90 Å². The molecular weight excluding hydrogens is 260 g/mol. The van der Waals surface area contributed by atoms with Gasteiger partial charge in [0.25, 0.3) is 0 Å². The zero-order chi connectivity index (χ0) is 14.0. The van der Waals surface area contributed by atoms with Crippen molar-refractivity contribution in [2.75, 3.05) is 5.32 Å². The van der Waals surface area contributed by atoms with Gasteiger partial charge >= 0.3 is 0 Å². The van der Waals surface area contributed by atoms with Crippen LogP contribution in [0.25, 0.3) is 0 Å². The fourth-order valence-electron chi connectivity index (χ4n) is 2.80. The molecule has 1 saturated carbocycles. The second-order valence-corrected chi connectivity index (χ2v) is 7.17. The number of hydrogen-bond acceptors (Lipinski definition) is 3. The molecule has 0 saturated heterocycles. The van der Waals surface area contributed by atoms with Crippen molar-refractivity contribution in [3.63, 3.8) is 0 Å². The number of aryl methyl sites for hydroxylation is 1. The van der Waals surface area contributed by atoms with E-state index in [-0.39, 0.29) is 4.90 Å². The normalized spacial score (nSPS) is 24.2. The molecule has 2 rings (SSSR count). The van der Waals surface area contributed by atoms with Gasteiger partial charge < -0.3 is 5.32 Å². The molecule has 19 heavy (non-hydrogen) atoms. The van der Waals surface area contributed by atoms with Gasteiger partial charge in [-0.05, 0) is 43.4 Å². The van der Waals surface area contributed by atoms with Crippen molar-refractivity contribution in [2.24, 2.45) is 11.1 Å².